The first-order chi connectivity index (χ1) is 13.6. The van der Waals surface area contributed by atoms with Gasteiger partial charge in [-0.15, -0.1) is 24.0 Å². The summed E-state index contributed by atoms with van der Waals surface area (Å²) in [6, 6.07) is 7.89. The van der Waals surface area contributed by atoms with Crippen LogP contribution in [0.1, 0.15) is 20.3 Å². The summed E-state index contributed by atoms with van der Waals surface area (Å²) in [7, 11) is 3.47. The van der Waals surface area contributed by atoms with Gasteiger partial charge in [0.05, 0.1) is 19.3 Å². The van der Waals surface area contributed by atoms with Crippen molar-refractivity contribution in [3.05, 3.63) is 24.3 Å². The topological polar surface area (TPSA) is 67.4 Å². The number of methoxy groups -OCH3 is 1. The molecule has 1 fully saturated rings. The Balaban J connectivity index is 0.00000420. The van der Waals surface area contributed by atoms with Gasteiger partial charge in [0.2, 0.25) is 0 Å². The molecular formula is C21H37IN4O3. The molecule has 1 aromatic rings. The Hall–Kier alpha value is -1.10. The molecular weight excluding hydrogens is 483 g/mol. The Morgan fingerprint density at radius 2 is 2.17 bits per heavy atom. The van der Waals surface area contributed by atoms with Crippen molar-refractivity contribution in [1.29, 1.82) is 0 Å². The van der Waals surface area contributed by atoms with Crippen LogP contribution < -0.4 is 15.4 Å². The molecule has 1 heterocycles. The van der Waals surface area contributed by atoms with Gasteiger partial charge in [-0.25, -0.2) is 0 Å². The molecule has 8 heteroatoms. The summed E-state index contributed by atoms with van der Waals surface area (Å²) in [6.07, 6.45) is 1.04. The first-order valence-electron chi connectivity index (χ1n) is 10.1. The van der Waals surface area contributed by atoms with E-state index in [0.29, 0.717) is 19.1 Å². The van der Waals surface area contributed by atoms with Crippen molar-refractivity contribution in [1.82, 2.24) is 10.2 Å². The number of nitrogens with zero attached hydrogens (tertiary/aromatic N) is 2. The molecule has 1 aromatic carbocycles. The van der Waals surface area contributed by atoms with Crippen LogP contribution in [0, 0.1) is 5.92 Å². The van der Waals surface area contributed by atoms with E-state index >= 15 is 0 Å². The van der Waals surface area contributed by atoms with Crippen molar-refractivity contribution in [2.24, 2.45) is 10.9 Å². The fraction of sp³-hybridized carbons (Fsp3) is 0.667. The van der Waals surface area contributed by atoms with Crippen molar-refractivity contribution in [3.8, 4) is 5.75 Å². The lowest BCUT2D eigenvalue weighted by molar-refractivity contribution is -0.0283. The van der Waals surface area contributed by atoms with E-state index in [4.69, 9.17) is 14.2 Å². The second-order valence-corrected chi connectivity index (χ2v) is 7.45. The maximum Gasteiger partial charge on any atom is 0.195 e. The van der Waals surface area contributed by atoms with Gasteiger partial charge in [-0.05, 0) is 18.1 Å². The fourth-order valence-electron chi connectivity index (χ4n) is 3.17. The molecule has 0 saturated carbocycles. The zero-order valence-electron chi connectivity index (χ0n) is 18.1. The predicted molar refractivity (Wildman–Crippen MR) is 130 cm³/mol. The minimum Gasteiger partial charge on any atom is -0.493 e. The smallest absolute Gasteiger partial charge is 0.195 e. The number of hydrogen-bond acceptors (Lipinski definition) is 5. The molecule has 1 aliphatic rings. The van der Waals surface area contributed by atoms with E-state index in [1.165, 1.54) is 0 Å². The van der Waals surface area contributed by atoms with Crippen LogP contribution in [-0.2, 0) is 9.47 Å². The van der Waals surface area contributed by atoms with Crippen LogP contribution in [0.3, 0.4) is 0 Å². The van der Waals surface area contributed by atoms with Crippen LogP contribution in [-0.4, -0.2) is 77.1 Å². The van der Waals surface area contributed by atoms with Crippen molar-refractivity contribution < 1.29 is 14.2 Å². The molecule has 0 bridgehead atoms. The van der Waals surface area contributed by atoms with Crippen LogP contribution in [0.4, 0.5) is 5.69 Å². The molecule has 0 spiro atoms. The first-order valence-corrected chi connectivity index (χ1v) is 10.1. The molecule has 1 aliphatic heterocycles. The molecule has 0 aliphatic carbocycles. The van der Waals surface area contributed by atoms with Gasteiger partial charge < -0.3 is 24.8 Å². The largest absolute Gasteiger partial charge is 0.493 e. The first kappa shape index (κ1) is 25.9. The molecule has 0 aromatic heterocycles. The molecule has 2 N–H and O–H groups in total. The third-order valence-electron chi connectivity index (χ3n) is 4.43. The lowest BCUT2D eigenvalue weighted by Gasteiger charge is -2.34. The standard InChI is InChI=1S/C21H36N4O3.HI/c1-17(2)15-25-9-12-28-20(16-25)14-23-21(22-3)24-18-7-5-8-19(13-18)27-11-6-10-26-4;/h5,7-8,13,17,20H,6,9-12,14-16H2,1-4H3,(H2,22,23,24);1H. The highest BCUT2D eigenvalue weighted by Crippen LogP contribution is 2.17. The number of nitrogens with one attached hydrogen (secondary N) is 2. The molecule has 1 unspecified atom stereocenters. The summed E-state index contributed by atoms with van der Waals surface area (Å²) in [5, 5.41) is 6.69. The maximum absolute atomic E-state index is 5.90. The summed E-state index contributed by atoms with van der Waals surface area (Å²) in [5.41, 5.74) is 0.934. The van der Waals surface area contributed by atoms with Gasteiger partial charge in [-0.3, -0.25) is 9.89 Å². The van der Waals surface area contributed by atoms with E-state index in [-0.39, 0.29) is 30.1 Å². The van der Waals surface area contributed by atoms with Crippen LogP contribution >= 0.6 is 24.0 Å². The van der Waals surface area contributed by atoms with Crippen LogP contribution in [0.2, 0.25) is 0 Å². The predicted octanol–water partition coefficient (Wildman–Crippen LogP) is 3.06. The Morgan fingerprint density at radius 1 is 1.34 bits per heavy atom. The summed E-state index contributed by atoms with van der Waals surface area (Å²) >= 11 is 0. The molecule has 2 rings (SSSR count). The Morgan fingerprint density at radius 3 is 2.90 bits per heavy atom. The molecule has 166 valence electrons. The molecule has 0 amide bonds. The molecule has 29 heavy (non-hydrogen) atoms. The van der Waals surface area contributed by atoms with Gasteiger partial charge in [0.1, 0.15) is 5.75 Å². The van der Waals surface area contributed by atoms with E-state index in [9.17, 15) is 0 Å². The Kier molecular flexibility index (Phi) is 13.2. The zero-order valence-corrected chi connectivity index (χ0v) is 20.5. The maximum atomic E-state index is 5.90. The fourth-order valence-corrected chi connectivity index (χ4v) is 3.17. The van der Waals surface area contributed by atoms with Crippen LogP contribution in [0.25, 0.3) is 0 Å². The van der Waals surface area contributed by atoms with E-state index in [0.717, 1.165) is 56.6 Å². The van der Waals surface area contributed by atoms with E-state index in [1.54, 1.807) is 14.2 Å². The van der Waals surface area contributed by atoms with Crippen molar-refractivity contribution in [3.63, 3.8) is 0 Å². The van der Waals surface area contributed by atoms with Gasteiger partial charge >= 0.3 is 0 Å². The summed E-state index contributed by atoms with van der Waals surface area (Å²) in [4.78, 5) is 6.79. The van der Waals surface area contributed by atoms with Gasteiger partial charge in [-0.2, -0.15) is 0 Å². The molecule has 1 saturated heterocycles. The Labute approximate surface area is 192 Å². The second kappa shape index (κ2) is 14.8. The second-order valence-electron chi connectivity index (χ2n) is 7.45. The SMILES string of the molecule is CN=C(NCC1CN(CC(C)C)CCO1)Nc1cccc(OCCCOC)c1.I. The molecule has 7 nitrogen and oxygen atoms in total. The van der Waals surface area contributed by atoms with Crippen LogP contribution in [0.5, 0.6) is 5.75 Å². The van der Waals surface area contributed by atoms with Gasteiger partial charge in [0.25, 0.3) is 0 Å². The quantitative estimate of drug-likeness (QED) is 0.214. The average molecular weight is 520 g/mol. The number of hydrogen-bond donors (Lipinski definition) is 2. The normalized spacial score (nSPS) is 17.7. The number of halogens is 1. The minimum absolute atomic E-state index is 0. The summed E-state index contributed by atoms with van der Waals surface area (Å²) in [6.45, 7) is 10.4. The van der Waals surface area contributed by atoms with Crippen molar-refractivity contribution in [2.75, 3.05) is 65.5 Å². The monoisotopic (exact) mass is 520 g/mol. The van der Waals surface area contributed by atoms with Crippen LogP contribution in [0.15, 0.2) is 29.3 Å². The van der Waals surface area contributed by atoms with E-state index in [2.05, 4.69) is 34.4 Å². The number of rotatable bonds is 10. The lowest BCUT2D eigenvalue weighted by Crippen LogP contribution is -2.49. The van der Waals surface area contributed by atoms with Gasteiger partial charge in [0, 0.05) is 65.1 Å². The Bertz CT molecular complexity index is 601. The highest BCUT2D eigenvalue weighted by molar-refractivity contribution is 14.0. The zero-order chi connectivity index (χ0) is 20.2. The summed E-state index contributed by atoms with van der Waals surface area (Å²) < 4.78 is 16.7. The van der Waals surface area contributed by atoms with Gasteiger partial charge in [0.15, 0.2) is 5.96 Å². The molecule has 0 radical (unpaired) electrons. The average Bonchev–Trinajstić information content (AvgIpc) is 2.68. The number of guanidine groups is 1. The number of benzene rings is 1. The lowest BCUT2D eigenvalue weighted by atomic mass is 10.2. The highest BCUT2D eigenvalue weighted by Gasteiger charge is 2.21. The number of ether oxygens (including phenoxy) is 3. The molecule has 1 atom stereocenters. The third kappa shape index (κ3) is 10.5. The third-order valence-corrected chi connectivity index (χ3v) is 4.43. The number of anilines is 1. The number of aliphatic imine (C=N–C) groups is 1. The van der Waals surface area contributed by atoms with E-state index < -0.39 is 0 Å². The van der Waals surface area contributed by atoms with Gasteiger partial charge in [-0.1, -0.05) is 19.9 Å². The van der Waals surface area contributed by atoms with E-state index in [1.807, 2.05) is 24.3 Å². The number of morpholine rings is 1. The minimum atomic E-state index is 0. The van der Waals surface area contributed by atoms with Crippen molar-refractivity contribution >= 4 is 35.6 Å². The van der Waals surface area contributed by atoms with Crippen molar-refractivity contribution in [2.45, 2.75) is 26.4 Å². The highest BCUT2D eigenvalue weighted by atomic mass is 127. The summed E-state index contributed by atoms with van der Waals surface area (Å²) in [5.74, 6) is 2.22.